The van der Waals surface area contributed by atoms with Gasteiger partial charge in [0.15, 0.2) is 5.16 Å². The monoisotopic (exact) mass is 267 g/mol. The fourth-order valence-corrected chi connectivity index (χ4v) is 1.77. The fraction of sp³-hybridized carbons (Fsp3) is 0.444. The Morgan fingerprint density at radius 2 is 2.28 bits per heavy atom. The summed E-state index contributed by atoms with van der Waals surface area (Å²) in [5, 5.41) is 16.4. The van der Waals surface area contributed by atoms with Gasteiger partial charge < -0.3 is 10.4 Å². The van der Waals surface area contributed by atoms with Crippen LogP contribution in [0.2, 0.25) is 0 Å². The summed E-state index contributed by atoms with van der Waals surface area (Å²) in [6.07, 6.45) is 2.93. The maximum Gasteiger partial charge on any atom is 0.257 e. The minimum absolute atomic E-state index is 0.0749. The van der Waals surface area contributed by atoms with Gasteiger partial charge in [-0.15, -0.1) is 0 Å². The maximum atomic E-state index is 8.82. The topological polar surface area (TPSA) is 102 Å². The Kier molecular flexibility index (Phi) is 4.42. The molecule has 0 aromatic carbocycles. The van der Waals surface area contributed by atoms with Crippen LogP contribution in [-0.2, 0) is 0 Å². The summed E-state index contributed by atoms with van der Waals surface area (Å²) in [4.78, 5) is 16.5. The Morgan fingerprint density at radius 3 is 2.94 bits per heavy atom. The molecule has 0 saturated carbocycles. The summed E-state index contributed by atoms with van der Waals surface area (Å²) in [6.45, 7) is 2.75. The van der Waals surface area contributed by atoms with Crippen LogP contribution in [0.1, 0.15) is 6.92 Å². The molecule has 0 aliphatic heterocycles. The summed E-state index contributed by atoms with van der Waals surface area (Å²) < 4.78 is 1.46. The van der Waals surface area contributed by atoms with E-state index in [1.165, 1.54) is 29.1 Å². The van der Waals surface area contributed by atoms with Crippen LogP contribution in [0.15, 0.2) is 17.8 Å². The highest BCUT2D eigenvalue weighted by Gasteiger charge is 2.08. The Bertz CT molecular complexity index is 490. The van der Waals surface area contributed by atoms with Crippen LogP contribution in [0.25, 0.3) is 5.95 Å². The van der Waals surface area contributed by atoms with E-state index in [-0.39, 0.29) is 6.61 Å². The van der Waals surface area contributed by atoms with Crippen LogP contribution < -0.4 is 5.32 Å². The normalized spacial score (nSPS) is 10.6. The molecule has 0 fully saturated rings. The van der Waals surface area contributed by atoms with Crippen LogP contribution in [0, 0.1) is 0 Å². The second-order valence-corrected chi connectivity index (χ2v) is 4.25. The Labute approximate surface area is 108 Å². The Balaban J connectivity index is 2.30. The van der Waals surface area contributed by atoms with Gasteiger partial charge in [-0.3, -0.25) is 0 Å². The van der Waals surface area contributed by atoms with E-state index >= 15 is 0 Å². The molecule has 0 unspecified atom stereocenters. The quantitative estimate of drug-likeness (QED) is 0.703. The summed E-state index contributed by atoms with van der Waals surface area (Å²) >= 11 is 1.36. The van der Waals surface area contributed by atoms with E-state index < -0.39 is 0 Å². The highest BCUT2D eigenvalue weighted by atomic mass is 32.2. The number of rotatable bonds is 6. The standard InChI is InChI=1S/C9H13N7OS/c1-2-11-7-13-8(16-6-10-5-12-16)15-9(14-7)18-4-3-17/h5-6,17H,2-4H2,1H3,(H,11,13,14,15). The second-order valence-electron chi connectivity index (χ2n) is 3.18. The predicted molar refractivity (Wildman–Crippen MR) is 66.7 cm³/mol. The lowest BCUT2D eigenvalue weighted by molar-refractivity contribution is 0.322. The van der Waals surface area contributed by atoms with Crippen molar-refractivity contribution in [3.8, 4) is 5.95 Å². The van der Waals surface area contributed by atoms with Crippen molar-refractivity contribution in [3.63, 3.8) is 0 Å². The molecule has 18 heavy (non-hydrogen) atoms. The van der Waals surface area contributed by atoms with E-state index in [1.807, 2.05) is 6.92 Å². The first kappa shape index (κ1) is 12.7. The minimum Gasteiger partial charge on any atom is -0.396 e. The average molecular weight is 267 g/mol. The van der Waals surface area contributed by atoms with Crippen molar-refractivity contribution in [2.75, 3.05) is 24.2 Å². The lowest BCUT2D eigenvalue weighted by Crippen LogP contribution is -2.10. The predicted octanol–water partition coefficient (Wildman–Crippen LogP) is -0.0315. The number of aliphatic hydroxyl groups excluding tert-OH is 1. The Hall–Kier alpha value is -1.74. The molecule has 0 atom stereocenters. The van der Waals surface area contributed by atoms with E-state index in [0.717, 1.165) is 0 Å². The van der Waals surface area contributed by atoms with Crippen molar-refractivity contribution in [2.45, 2.75) is 12.1 Å². The van der Waals surface area contributed by atoms with Gasteiger partial charge in [0.1, 0.15) is 12.7 Å². The SMILES string of the molecule is CCNc1nc(SCCO)nc(-n2cncn2)n1. The average Bonchev–Trinajstić information content (AvgIpc) is 2.90. The van der Waals surface area contributed by atoms with Crippen LogP contribution in [0.4, 0.5) is 5.95 Å². The zero-order valence-corrected chi connectivity index (χ0v) is 10.6. The molecule has 0 aliphatic rings. The van der Waals surface area contributed by atoms with Crippen molar-refractivity contribution in [1.29, 1.82) is 0 Å². The maximum absolute atomic E-state index is 8.82. The van der Waals surface area contributed by atoms with Crippen molar-refractivity contribution >= 4 is 17.7 Å². The van der Waals surface area contributed by atoms with Gasteiger partial charge in [-0.25, -0.2) is 4.98 Å². The molecule has 0 saturated heterocycles. The number of anilines is 1. The molecular weight excluding hydrogens is 254 g/mol. The number of hydrogen-bond donors (Lipinski definition) is 2. The number of nitrogens with one attached hydrogen (secondary N) is 1. The van der Waals surface area contributed by atoms with Gasteiger partial charge in [0.2, 0.25) is 5.95 Å². The van der Waals surface area contributed by atoms with Gasteiger partial charge in [0.25, 0.3) is 5.95 Å². The van der Waals surface area contributed by atoms with Crippen molar-refractivity contribution < 1.29 is 5.11 Å². The second kappa shape index (κ2) is 6.26. The molecule has 2 N–H and O–H groups in total. The number of hydrogen-bond acceptors (Lipinski definition) is 8. The van der Waals surface area contributed by atoms with E-state index in [9.17, 15) is 0 Å². The number of aromatic nitrogens is 6. The molecule has 96 valence electrons. The first-order chi connectivity index (χ1) is 8.83. The van der Waals surface area contributed by atoms with E-state index in [2.05, 4.69) is 30.4 Å². The van der Waals surface area contributed by atoms with Gasteiger partial charge in [0.05, 0.1) is 6.61 Å². The lowest BCUT2D eigenvalue weighted by atomic mass is 10.7. The zero-order chi connectivity index (χ0) is 12.8. The van der Waals surface area contributed by atoms with Crippen LogP contribution in [-0.4, -0.2) is 53.7 Å². The minimum atomic E-state index is 0.0749. The van der Waals surface area contributed by atoms with Crippen LogP contribution in [0.3, 0.4) is 0 Å². The molecule has 2 aromatic heterocycles. The largest absolute Gasteiger partial charge is 0.396 e. The van der Waals surface area contributed by atoms with Crippen LogP contribution in [0.5, 0.6) is 0 Å². The van der Waals surface area contributed by atoms with Crippen molar-refractivity contribution in [3.05, 3.63) is 12.7 Å². The number of aliphatic hydroxyl groups is 1. The molecule has 2 heterocycles. The molecule has 8 nitrogen and oxygen atoms in total. The van der Waals surface area contributed by atoms with E-state index in [4.69, 9.17) is 5.11 Å². The molecule has 2 aromatic rings. The molecule has 0 aliphatic carbocycles. The molecule has 9 heteroatoms. The Morgan fingerprint density at radius 1 is 1.39 bits per heavy atom. The highest BCUT2D eigenvalue weighted by Crippen LogP contribution is 2.15. The molecule has 2 rings (SSSR count). The van der Waals surface area contributed by atoms with Crippen molar-refractivity contribution in [2.24, 2.45) is 0 Å². The first-order valence-electron chi connectivity index (χ1n) is 5.42. The smallest absolute Gasteiger partial charge is 0.257 e. The molecule has 0 amide bonds. The number of nitrogens with zero attached hydrogens (tertiary/aromatic N) is 6. The van der Waals surface area contributed by atoms with E-state index in [0.29, 0.717) is 29.4 Å². The summed E-state index contributed by atoms with van der Waals surface area (Å²) in [5.41, 5.74) is 0. The third kappa shape index (κ3) is 3.14. The zero-order valence-electron chi connectivity index (χ0n) is 9.81. The van der Waals surface area contributed by atoms with Gasteiger partial charge in [-0.2, -0.15) is 24.7 Å². The van der Waals surface area contributed by atoms with Gasteiger partial charge >= 0.3 is 0 Å². The molecule has 0 bridgehead atoms. The summed E-state index contributed by atoms with van der Waals surface area (Å²) in [6, 6.07) is 0. The molecular formula is C9H13N7OS. The summed E-state index contributed by atoms with van der Waals surface area (Å²) in [7, 11) is 0. The summed E-state index contributed by atoms with van der Waals surface area (Å²) in [5.74, 6) is 1.42. The first-order valence-corrected chi connectivity index (χ1v) is 6.40. The highest BCUT2D eigenvalue weighted by molar-refractivity contribution is 7.99. The number of thioether (sulfide) groups is 1. The molecule has 0 radical (unpaired) electrons. The van der Waals surface area contributed by atoms with E-state index in [1.54, 1.807) is 0 Å². The lowest BCUT2D eigenvalue weighted by Gasteiger charge is -2.06. The molecule has 0 spiro atoms. The van der Waals surface area contributed by atoms with Crippen LogP contribution >= 0.6 is 11.8 Å². The van der Waals surface area contributed by atoms with Gasteiger partial charge in [0, 0.05) is 12.3 Å². The third-order valence-electron chi connectivity index (χ3n) is 1.88. The van der Waals surface area contributed by atoms with Gasteiger partial charge in [-0.05, 0) is 6.92 Å². The fourth-order valence-electron chi connectivity index (χ4n) is 1.20. The van der Waals surface area contributed by atoms with Crippen molar-refractivity contribution in [1.82, 2.24) is 29.7 Å². The van der Waals surface area contributed by atoms with Gasteiger partial charge in [-0.1, -0.05) is 11.8 Å². The third-order valence-corrected chi connectivity index (χ3v) is 2.71.